The molecule has 0 aromatic carbocycles. The Bertz CT molecular complexity index is 1110. The summed E-state index contributed by atoms with van der Waals surface area (Å²) in [6, 6.07) is 1.10. The molecule has 2 aromatic heterocycles. The van der Waals surface area contributed by atoms with E-state index in [0.717, 1.165) is 62.5 Å². The van der Waals surface area contributed by atoms with Crippen LogP contribution in [0.25, 0.3) is 11.2 Å². The summed E-state index contributed by atoms with van der Waals surface area (Å²) in [5.74, 6) is 0.715. The average Bonchev–Trinajstić information content (AvgIpc) is 3.12. The molecular weight excluding hydrogens is 484 g/mol. The molecule has 204 valence electrons. The average molecular weight is 529 g/mol. The molecule has 3 heterocycles. The Morgan fingerprint density at radius 2 is 1.81 bits per heavy atom. The number of hydrogen-bond acceptors (Lipinski definition) is 6. The van der Waals surface area contributed by atoms with E-state index in [2.05, 4.69) is 19.6 Å². The minimum atomic E-state index is -1.17. The van der Waals surface area contributed by atoms with Gasteiger partial charge in [0.15, 0.2) is 11.4 Å². The van der Waals surface area contributed by atoms with Crippen LogP contribution < -0.4 is 0 Å². The molecule has 0 unspecified atom stereocenters. The third kappa shape index (κ3) is 7.41. The van der Waals surface area contributed by atoms with Gasteiger partial charge in [0.1, 0.15) is 17.8 Å². The minimum absolute atomic E-state index is 0.106. The van der Waals surface area contributed by atoms with Crippen molar-refractivity contribution in [3.63, 3.8) is 0 Å². The number of Topliss-reactive ketones (excluding diaryl/α,β-unsaturated/α-hetero) is 1. The smallest absolute Gasteiger partial charge is 0.410 e. The topological polar surface area (TPSA) is 86.5 Å². The van der Waals surface area contributed by atoms with Gasteiger partial charge in [-0.3, -0.25) is 4.79 Å². The van der Waals surface area contributed by atoms with Gasteiger partial charge >= 0.3 is 6.09 Å². The molecule has 4 rings (SSSR count). The number of hydrogen-bond donors (Lipinski definition) is 0. The molecule has 37 heavy (non-hydrogen) atoms. The molecule has 2 aromatic rings. The summed E-state index contributed by atoms with van der Waals surface area (Å²) in [5.41, 5.74) is 2.53. The second kappa shape index (κ2) is 11.2. The van der Waals surface area contributed by atoms with Gasteiger partial charge < -0.3 is 18.9 Å². The van der Waals surface area contributed by atoms with Crippen molar-refractivity contribution in [1.82, 2.24) is 19.4 Å². The number of amides is 1. The predicted octanol–water partition coefficient (Wildman–Crippen LogP) is 5.92. The SMILES string of the molecule is CC(C)(C)OC(=O)N1CCC(Cc2cnc3c(n2)c(C(=O)C2CCC2)cn3COCC[Si](C)(C)C)CC1. The fraction of sp³-hybridized carbons (Fsp3) is 0.714. The van der Waals surface area contributed by atoms with Gasteiger partial charge in [0.2, 0.25) is 0 Å². The zero-order valence-electron chi connectivity index (χ0n) is 23.5. The number of aromatic nitrogens is 3. The van der Waals surface area contributed by atoms with Crippen LogP contribution in [0, 0.1) is 11.8 Å². The normalized spacial score (nSPS) is 17.7. The molecule has 0 N–H and O–H groups in total. The van der Waals surface area contributed by atoms with Crippen molar-refractivity contribution in [3.8, 4) is 0 Å². The van der Waals surface area contributed by atoms with Gasteiger partial charge in [0.25, 0.3) is 0 Å². The van der Waals surface area contributed by atoms with Crippen LogP contribution in [0.4, 0.5) is 4.79 Å². The van der Waals surface area contributed by atoms with Crippen LogP contribution in [0.2, 0.25) is 25.7 Å². The Balaban J connectivity index is 1.44. The van der Waals surface area contributed by atoms with Crippen LogP contribution in [0.1, 0.15) is 68.9 Å². The Labute approximate surface area is 222 Å². The van der Waals surface area contributed by atoms with Crippen LogP contribution in [0.15, 0.2) is 12.4 Å². The molecule has 9 heteroatoms. The van der Waals surface area contributed by atoms with E-state index in [1.165, 1.54) is 0 Å². The van der Waals surface area contributed by atoms with Gasteiger partial charge in [-0.2, -0.15) is 0 Å². The lowest BCUT2D eigenvalue weighted by Crippen LogP contribution is -2.42. The highest BCUT2D eigenvalue weighted by Gasteiger charge is 2.31. The Morgan fingerprint density at radius 1 is 1.11 bits per heavy atom. The lowest BCUT2D eigenvalue weighted by Gasteiger charge is -2.33. The summed E-state index contributed by atoms with van der Waals surface area (Å²) in [6.45, 7) is 15.2. The van der Waals surface area contributed by atoms with E-state index in [4.69, 9.17) is 19.4 Å². The van der Waals surface area contributed by atoms with E-state index >= 15 is 0 Å². The number of likely N-dealkylation sites (tertiary alicyclic amines) is 1. The fourth-order valence-corrected chi connectivity index (χ4v) is 5.60. The first-order chi connectivity index (χ1) is 17.4. The molecular formula is C28H44N4O4Si. The van der Waals surface area contributed by atoms with Crippen LogP contribution >= 0.6 is 0 Å². The van der Waals surface area contributed by atoms with Crippen LogP contribution in [-0.2, 0) is 22.6 Å². The molecule has 0 radical (unpaired) electrons. The van der Waals surface area contributed by atoms with Crippen molar-refractivity contribution in [2.75, 3.05) is 19.7 Å². The van der Waals surface area contributed by atoms with Crippen molar-refractivity contribution in [1.29, 1.82) is 0 Å². The van der Waals surface area contributed by atoms with Crippen LogP contribution in [-0.4, -0.2) is 64.7 Å². The molecule has 1 aliphatic heterocycles. The van der Waals surface area contributed by atoms with E-state index in [0.29, 0.717) is 36.8 Å². The number of carbonyl (C=O) groups excluding carboxylic acids is 2. The lowest BCUT2D eigenvalue weighted by atomic mass is 9.80. The number of fused-ring (bicyclic) bond motifs is 1. The van der Waals surface area contributed by atoms with Crippen molar-refractivity contribution < 1.29 is 19.1 Å². The van der Waals surface area contributed by atoms with Crippen molar-refractivity contribution >= 4 is 31.1 Å². The summed E-state index contributed by atoms with van der Waals surface area (Å²) in [4.78, 5) is 37.2. The maximum absolute atomic E-state index is 13.3. The monoisotopic (exact) mass is 528 g/mol. The first-order valence-corrected chi connectivity index (χ1v) is 17.5. The highest BCUT2D eigenvalue weighted by atomic mass is 28.3. The number of rotatable bonds is 9. The molecule has 2 aliphatic rings. The van der Waals surface area contributed by atoms with E-state index in [1.54, 1.807) is 4.90 Å². The second-order valence-corrected chi connectivity index (χ2v) is 18.6. The summed E-state index contributed by atoms with van der Waals surface area (Å²) in [5, 5.41) is 0. The number of carbonyl (C=O) groups is 2. The predicted molar refractivity (Wildman–Crippen MR) is 148 cm³/mol. The first kappa shape index (κ1) is 27.8. The van der Waals surface area contributed by atoms with Gasteiger partial charge in [-0.05, 0) is 64.8 Å². The molecule has 1 saturated heterocycles. The highest BCUT2D eigenvalue weighted by molar-refractivity contribution is 6.76. The van der Waals surface area contributed by atoms with E-state index < -0.39 is 13.7 Å². The number of ketones is 1. The molecule has 1 amide bonds. The van der Waals surface area contributed by atoms with Crippen molar-refractivity contribution in [3.05, 3.63) is 23.7 Å². The number of ether oxygens (including phenoxy) is 2. The zero-order valence-corrected chi connectivity index (χ0v) is 24.5. The first-order valence-electron chi connectivity index (χ1n) is 13.8. The molecule has 1 saturated carbocycles. The molecule has 2 fully saturated rings. The zero-order chi connectivity index (χ0) is 26.8. The standard InChI is InChI=1S/C28H44N4O4Si/c1-28(2,3)36-27(34)31-12-10-20(11-13-31)16-22-17-29-26-24(30-22)23(25(33)21-8-7-9-21)18-32(26)19-35-14-15-37(4,5)6/h17-18,20-21H,7-16,19H2,1-6H3. The molecule has 0 spiro atoms. The molecule has 0 bridgehead atoms. The van der Waals surface area contributed by atoms with E-state index in [1.807, 2.05) is 37.7 Å². The third-order valence-corrected chi connectivity index (χ3v) is 9.05. The second-order valence-electron chi connectivity index (χ2n) is 13.0. The fourth-order valence-electron chi connectivity index (χ4n) is 4.84. The van der Waals surface area contributed by atoms with Gasteiger partial charge in [-0.25, -0.2) is 14.8 Å². The quantitative estimate of drug-likeness (QED) is 0.228. The van der Waals surface area contributed by atoms with Crippen LogP contribution in [0.5, 0.6) is 0 Å². The van der Waals surface area contributed by atoms with Gasteiger partial charge in [-0.1, -0.05) is 26.1 Å². The van der Waals surface area contributed by atoms with Gasteiger partial charge in [0.05, 0.1) is 17.5 Å². The summed E-state index contributed by atoms with van der Waals surface area (Å²) >= 11 is 0. The maximum atomic E-state index is 13.3. The maximum Gasteiger partial charge on any atom is 0.410 e. The summed E-state index contributed by atoms with van der Waals surface area (Å²) < 4.78 is 13.5. The molecule has 0 atom stereocenters. The number of nitrogens with zero attached hydrogens (tertiary/aromatic N) is 4. The van der Waals surface area contributed by atoms with E-state index in [-0.39, 0.29) is 17.8 Å². The minimum Gasteiger partial charge on any atom is -0.444 e. The lowest BCUT2D eigenvalue weighted by molar-refractivity contribution is 0.0184. The highest BCUT2D eigenvalue weighted by Crippen LogP contribution is 2.32. The van der Waals surface area contributed by atoms with Gasteiger partial charge in [0, 0.05) is 39.9 Å². The Morgan fingerprint density at radius 3 is 2.41 bits per heavy atom. The summed E-state index contributed by atoms with van der Waals surface area (Å²) in [6.07, 6.45) is 9.15. The third-order valence-electron chi connectivity index (χ3n) is 7.35. The summed E-state index contributed by atoms with van der Waals surface area (Å²) in [7, 11) is -1.17. The molecule has 1 aliphatic carbocycles. The Kier molecular flexibility index (Phi) is 8.43. The van der Waals surface area contributed by atoms with Crippen molar-refractivity contribution in [2.24, 2.45) is 11.8 Å². The Hall–Kier alpha value is -2.26. The van der Waals surface area contributed by atoms with Gasteiger partial charge in [-0.15, -0.1) is 0 Å². The molecule has 8 nitrogen and oxygen atoms in total. The largest absolute Gasteiger partial charge is 0.444 e. The van der Waals surface area contributed by atoms with Crippen molar-refractivity contribution in [2.45, 2.75) is 97.3 Å². The number of piperidine rings is 1. The van der Waals surface area contributed by atoms with E-state index in [9.17, 15) is 9.59 Å². The van der Waals surface area contributed by atoms with Crippen LogP contribution in [0.3, 0.4) is 0 Å².